The Hall–Kier alpha value is -2.00. The van der Waals surface area contributed by atoms with Gasteiger partial charge in [-0.15, -0.1) is 11.3 Å². The Morgan fingerprint density at radius 1 is 1.17 bits per heavy atom. The van der Waals surface area contributed by atoms with Crippen molar-refractivity contribution in [2.45, 2.75) is 83.1 Å². The van der Waals surface area contributed by atoms with Crippen LogP contribution in [0.15, 0.2) is 12.4 Å². The SMILES string of the molecule is Cc1ncc(OCC(=O)CC2CCC(CCN3CCc4sc(C5CC(F)(F)C5)nc4C3)CC2)cn1. The maximum absolute atomic E-state index is 13.2. The number of Topliss-reactive ketones (excluding diaryl/α,β-unsaturated/α-hetero) is 1. The molecule has 0 radical (unpaired) electrons. The number of aromatic nitrogens is 3. The number of carbonyl (C=O) groups excluding carboxylic acids is 1. The molecule has 0 amide bonds. The Morgan fingerprint density at radius 2 is 1.89 bits per heavy atom. The summed E-state index contributed by atoms with van der Waals surface area (Å²) in [6.45, 7) is 4.85. The van der Waals surface area contributed by atoms with Gasteiger partial charge in [-0.25, -0.2) is 23.7 Å². The van der Waals surface area contributed by atoms with E-state index in [4.69, 9.17) is 9.72 Å². The molecule has 0 atom stereocenters. The van der Waals surface area contributed by atoms with Crippen molar-refractivity contribution in [1.29, 1.82) is 0 Å². The van der Waals surface area contributed by atoms with Gasteiger partial charge in [0, 0.05) is 43.1 Å². The normalized spacial score (nSPS) is 24.5. The van der Waals surface area contributed by atoms with Crippen LogP contribution in [0.5, 0.6) is 5.75 Å². The molecule has 2 saturated carbocycles. The number of nitrogens with zero attached hydrogens (tertiary/aromatic N) is 4. The van der Waals surface area contributed by atoms with Crippen LogP contribution in [0.2, 0.25) is 0 Å². The summed E-state index contributed by atoms with van der Waals surface area (Å²) in [6.07, 6.45) is 10.5. The summed E-state index contributed by atoms with van der Waals surface area (Å²) in [5.41, 5.74) is 1.12. The van der Waals surface area contributed by atoms with Crippen LogP contribution >= 0.6 is 11.3 Å². The monoisotopic (exact) mass is 504 g/mol. The number of carbonyl (C=O) groups is 1. The van der Waals surface area contributed by atoms with Crippen molar-refractivity contribution in [1.82, 2.24) is 19.9 Å². The molecule has 0 saturated heterocycles. The van der Waals surface area contributed by atoms with Gasteiger partial charge in [-0.2, -0.15) is 0 Å². The molecule has 2 fully saturated rings. The van der Waals surface area contributed by atoms with Gasteiger partial charge in [0.15, 0.2) is 11.5 Å². The Kier molecular flexibility index (Phi) is 7.44. The molecule has 6 nitrogen and oxygen atoms in total. The lowest BCUT2D eigenvalue weighted by molar-refractivity contribution is -0.122. The van der Waals surface area contributed by atoms with E-state index >= 15 is 0 Å². The van der Waals surface area contributed by atoms with E-state index in [0.29, 0.717) is 29.8 Å². The molecule has 3 aliphatic rings. The highest BCUT2D eigenvalue weighted by molar-refractivity contribution is 7.11. The van der Waals surface area contributed by atoms with Gasteiger partial charge in [-0.1, -0.05) is 12.8 Å². The second-order valence-corrected chi connectivity index (χ2v) is 11.7. The average molecular weight is 505 g/mol. The molecule has 190 valence electrons. The Labute approximate surface area is 209 Å². The molecule has 2 aliphatic carbocycles. The highest BCUT2D eigenvalue weighted by atomic mass is 32.1. The number of hydrogen-bond acceptors (Lipinski definition) is 7. The fourth-order valence-corrected chi connectivity index (χ4v) is 6.73. The van der Waals surface area contributed by atoms with Crippen LogP contribution < -0.4 is 4.74 Å². The zero-order valence-electron chi connectivity index (χ0n) is 20.3. The van der Waals surface area contributed by atoms with E-state index in [9.17, 15) is 13.6 Å². The molecule has 0 bridgehead atoms. The summed E-state index contributed by atoms with van der Waals surface area (Å²) in [7, 11) is 0. The van der Waals surface area contributed by atoms with E-state index in [1.54, 1.807) is 23.7 Å². The summed E-state index contributed by atoms with van der Waals surface area (Å²) < 4.78 is 32.0. The van der Waals surface area contributed by atoms with Crippen molar-refractivity contribution < 1.29 is 18.3 Å². The van der Waals surface area contributed by atoms with Gasteiger partial charge in [-0.05, 0) is 51.0 Å². The Balaban J connectivity index is 0.991. The zero-order chi connectivity index (χ0) is 24.4. The zero-order valence-corrected chi connectivity index (χ0v) is 21.2. The van der Waals surface area contributed by atoms with Crippen LogP contribution in [0.4, 0.5) is 8.78 Å². The molecule has 5 rings (SSSR count). The number of ketones is 1. The van der Waals surface area contributed by atoms with Gasteiger partial charge in [-0.3, -0.25) is 9.69 Å². The lowest BCUT2D eigenvalue weighted by atomic mass is 9.78. The Bertz CT molecular complexity index is 1010. The van der Waals surface area contributed by atoms with Crippen LogP contribution in [-0.2, 0) is 17.8 Å². The molecule has 2 aromatic heterocycles. The van der Waals surface area contributed by atoms with E-state index in [-0.39, 0.29) is 31.1 Å². The molecule has 1 aliphatic heterocycles. The standard InChI is InChI=1S/C26H34F2N4O2S/c1-17-29-13-22(14-30-17)34-16-21(33)10-19-4-2-18(3-5-19)6-8-32-9-7-24-23(15-32)31-25(35-24)20-11-26(27,28)12-20/h13-14,18-20H,2-12,15-16H2,1H3. The fourth-order valence-electron chi connectivity index (χ4n) is 5.56. The van der Waals surface area contributed by atoms with Gasteiger partial charge in [0.25, 0.3) is 0 Å². The molecule has 3 heterocycles. The number of fused-ring (bicyclic) bond motifs is 1. The van der Waals surface area contributed by atoms with E-state index in [1.807, 2.05) is 6.92 Å². The van der Waals surface area contributed by atoms with Crippen molar-refractivity contribution in [3.05, 3.63) is 33.8 Å². The molecule has 35 heavy (non-hydrogen) atoms. The van der Waals surface area contributed by atoms with Crippen LogP contribution in [0.25, 0.3) is 0 Å². The van der Waals surface area contributed by atoms with Crippen LogP contribution in [0.1, 0.15) is 78.7 Å². The first kappa shape index (κ1) is 24.7. The van der Waals surface area contributed by atoms with Gasteiger partial charge >= 0.3 is 0 Å². The van der Waals surface area contributed by atoms with Crippen molar-refractivity contribution in [2.75, 3.05) is 19.7 Å². The first-order valence-corrected chi connectivity index (χ1v) is 13.7. The maximum atomic E-state index is 13.2. The maximum Gasteiger partial charge on any atom is 0.249 e. The number of alkyl halides is 2. The molecular weight excluding hydrogens is 470 g/mol. The van der Waals surface area contributed by atoms with Gasteiger partial charge in [0.2, 0.25) is 5.92 Å². The fraction of sp³-hybridized carbons (Fsp3) is 0.692. The van der Waals surface area contributed by atoms with Crippen molar-refractivity contribution in [3.8, 4) is 5.75 Å². The molecule has 0 N–H and O–H groups in total. The quantitative estimate of drug-likeness (QED) is 0.459. The summed E-state index contributed by atoms with van der Waals surface area (Å²) in [5.74, 6) is 0.0104. The van der Waals surface area contributed by atoms with Gasteiger partial charge in [0.1, 0.15) is 12.4 Å². The minimum atomic E-state index is -2.49. The molecule has 0 unspecified atom stereocenters. The third kappa shape index (κ3) is 6.42. The third-order valence-electron chi connectivity index (χ3n) is 7.76. The number of halogens is 2. The lowest BCUT2D eigenvalue weighted by Crippen LogP contribution is -2.33. The number of hydrogen-bond donors (Lipinski definition) is 0. The van der Waals surface area contributed by atoms with Gasteiger partial charge < -0.3 is 4.74 Å². The number of rotatable bonds is 9. The van der Waals surface area contributed by atoms with E-state index in [1.165, 1.54) is 24.1 Å². The third-order valence-corrected chi connectivity index (χ3v) is 9.08. The van der Waals surface area contributed by atoms with Gasteiger partial charge in [0.05, 0.1) is 23.1 Å². The first-order chi connectivity index (χ1) is 16.8. The van der Waals surface area contributed by atoms with Crippen LogP contribution in [0.3, 0.4) is 0 Å². The number of thiazole rings is 1. The van der Waals surface area contributed by atoms with E-state index in [2.05, 4.69) is 14.9 Å². The molecule has 0 spiro atoms. The van der Waals surface area contributed by atoms with Crippen molar-refractivity contribution in [2.24, 2.45) is 11.8 Å². The Morgan fingerprint density at radius 3 is 2.60 bits per heavy atom. The smallest absolute Gasteiger partial charge is 0.249 e. The molecular formula is C26H34F2N4O2S. The van der Waals surface area contributed by atoms with Crippen LogP contribution in [0, 0.1) is 18.8 Å². The predicted octanol–water partition coefficient (Wildman–Crippen LogP) is 5.35. The van der Waals surface area contributed by atoms with Crippen molar-refractivity contribution in [3.63, 3.8) is 0 Å². The van der Waals surface area contributed by atoms with Crippen molar-refractivity contribution >= 4 is 17.1 Å². The van der Waals surface area contributed by atoms with Crippen LogP contribution in [-0.4, -0.2) is 51.3 Å². The number of aryl methyl sites for hydroxylation is 1. The second-order valence-electron chi connectivity index (χ2n) is 10.6. The topological polar surface area (TPSA) is 68.2 Å². The summed E-state index contributed by atoms with van der Waals surface area (Å²) >= 11 is 1.66. The minimum Gasteiger partial charge on any atom is -0.483 e. The molecule has 0 aromatic carbocycles. The summed E-state index contributed by atoms with van der Waals surface area (Å²) in [6, 6.07) is 0. The average Bonchev–Trinajstić information content (AvgIpc) is 3.25. The molecule has 2 aromatic rings. The lowest BCUT2D eigenvalue weighted by Gasteiger charge is -2.33. The first-order valence-electron chi connectivity index (χ1n) is 12.8. The number of ether oxygens (including phenoxy) is 1. The second kappa shape index (κ2) is 10.5. The van der Waals surface area contributed by atoms with E-state index < -0.39 is 5.92 Å². The largest absolute Gasteiger partial charge is 0.483 e. The summed E-state index contributed by atoms with van der Waals surface area (Å²) in [5, 5.41) is 0.924. The molecule has 9 heteroatoms. The predicted molar refractivity (Wildman–Crippen MR) is 130 cm³/mol. The van der Waals surface area contributed by atoms with E-state index in [0.717, 1.165) is 49.6 Å². The minimum absolute atomic E-state index is 0.0356. The summed E-state index contributed by atoms with van der Waals surface area (Å²) in [4.78, 5) is 29.0. The highest BCUT2D eigenvalue weighted by Crippen LogP contribution is 2.49. The highest BCUT2D eigenvalue weighted by Gasteiger charge is 2.47.